The number of nitrogens with zero attached hydrogens (tertiary/aromatic N) is 4. The van der Waals surface area contributed by atoms with Crippen molar-refractivity contribution in [2.24, 2.45) is 0 Å². The van der Waals surface area contributed by atoms with Crippen LogP contribution < -0.4 is 5.32 Å². The Bertz CT molecular complexity index is 1340. The lowest BCUT2D eigenvalue weighted by Crippen LogP contribution is -2.27. The standard InChI is InChI=1S/C24H20N6O/c1-16(22-26-15-20(29-22)17-8-4-2-5-9-17)28-24(31)19-14-27-30-21(12-13-25-23(19)30)18-10-6-3-7-11-18/h2-16H,1H3,(H,26,29)(H,28,31). The molecule has 1 atom stereocenters. The molecule has 7 nitrogen and oxygen atoms in total. The fourth-order valence-electron chi connectivity index (χ4n) is 3.54. The first-order valence-corrected chi connectivity index (χ1v) is 10.00. The molecule has 3 aromatic heterocycles. The Hall–Kier alpha value is -4.26. The highest BCUT2D eigenvalue weighted by Gasteiger charge is 2.19. The number of hydrogen-bond acceptors (Lipinski definition) is 4. The molecule has 1 amide bonds. The van der Waals surface area contributed by atoms with E-state index in [1.54, 1.807) is 23.1 Å². The molecule has 31 heavy (non-hydrogen) atoms. The van der Waals surface area contributed by atoms with Crippen LogP contribution in [0.4, 0.5) is 0 Å². The van der Waals surface area contributed by atoms with Gasteiger partial charge in [-0.25, -0.2) is 14.5 Å². The third kappa shape index (κ3) is 3.57. The van der Waals surface area contributed by atoms with E-state index in [2.05, 4.69) is 25.4 Å². The zero-order valence-electron chi connectivity index (χ0n) is 16.9. The fraction of sp³-hybridized carbons (Fsp3) is 0.0833. The van der Waals surface area contributed by atoms with Crippen molar-refractivity contribution in [1.82, 2.24) is 29.9 Å². The molecule has 0 saturated heterocycles. The average Bonchev–Trinajstić information content (AvgIpc) is 3.48. The van der Waals surface area contributed by atoms with E-state index in [9.17, 15) is 4.79 Å². The maximum atomic E-state index is 13.0. The van der Waals surface area contributed by atoms with Crippen LogP contribution in [0.5, 0.6) is 0 Å². The van der Waals surface area contributed by atoms with E-state index in [1.807, 2.05) is 73.7 Å². The molecule has 0 aliphatic heterocycles. The van der Waals surface area contributed by atoms with Gasteiger partial charge in [0.1, 0.15) is 11.4 Å². The number of nitrogens with one attached hydrogen (secondary N) is 2. The van der Waals surface area contributed by atoms with Crippen molar-refractivity contribution in [2.75, 3.05) is 0 Å². The van der Waals surface area contributed by atoms with Gasteiger partial charge in [-0.3, -0.25) is 4.79 Å². The van der Waals surface area contributed by atoms with E-state index in [-0.39, 0.29) is 11.9 Å². The quantitative estimate of drug-likeness (QED) is 0.454. The molecule has 0 aliphatic carbocycles. The number of carbonyl (C=O) groups is 1. The van der Waals surface area contributed by atoms with E-state index in [0.717, 1.165) is 22.5 Å². The number of benzene rings is 2. The molecule has 5 rings (SSSR count). The topological polar surface area (TPSA) is 88.0 Å². The summed E-state index contributed by atoms with van der Waals surface area (Å²) in [5, 5.41) is 7.40. The van der Waals surface area contributed by atoms with Crippen LogP contribution in [0.3, 0.4) is 0 Å². The summed E-state index contributed by atoms with van der Waals surface area (Å²) in [6, 6.07) is 21.4. The Morgan fingerprint density at radius 3 is 2.39 bits per heavy atom. The number of aromatic amines is 1. The molecule has 2 aromatic carbocycles. The minimum atomic E-state index is -0.308. The van der Waals surface area contributed by atoms with E-state index in [4.69, 9.17) is 0 Å². The zero-order valence-corrected chi connectivity index (χ0v) is 16.9. The van der Waals surface area contributed by atoms with E-state index in [1.165, 1.54) is 0 Å². The van der Waals surface area contributed by atoms with Gasteiger partial charge in [-0.05, 0) is 18.6 Å². The third-order valence-corrected chi connectivity index (χ3v) is 5.15. The normalized spacial score (nSPS) is 12.0. The second-order valence-electron chi connectivity index (χ2n) is 7.23. The predicted molar refractivity (Wildman–Crippen MR) is 118 cm³/mol. The van der Waals surface area contributed by atoms with Crippen LogP contribution in [0.1, 0.15) is 29.1 Å². The number of hydrogen-bond donors (Lipinski definition) is 2. The van der Waals surface area contributed by atoms with Crippen LogP contribution in [0.15, 0.2) is 85.3 Å². The number of imidazole rings is 1. The highest BCUT2D eigenvalue weighted by Crippen LogP contribution is 2.22. The second kappa shape index (κ2) is 7.87. The van der Waals surface area contributed by atoms with Gasteiger partial charge in [-0.15, -0.1) is 0 Å². The van der Waals surface area contributed by atoms with Crippen LogP contribution >= 0.6 is 0 Å². The van der Waals surface area contributed by atoms with Gasteiger partial charge in [0.25, 0.3) is 5.91 Å². The summed E-state index contributed by atoms with van der Waals surface area (Å²) in [6.45, 7) is 1.89. The third-order valence-electron chi connectivity index (χ3n) is 5.15. The van der Waals surface area contributed by atoms with Crippen molar-refractivity contribution in [3.05, 3.63) is 96.7 Å². The van der Waals surface area contributed by atoms with Crippen LogP contribution in [0, 0.1) is 0 Å². The van der Waals surface area contributed by atoms with Crippen LogP contribution in [0.25, 0.3) is 28.2 Å². The van der Waals surface area contributed by atoms with Crippen molar-refractivity contribution < 1.29 is 4.79 Å². The lowest BCUT2D eigenvalue weighted by Gasteiger charge is -2.11. The Kier molecular flexibility index (Phi) is 4.76. The second-order valence-corrected chi connectivity index (χ2v) is 7.23. The fourth-order valence-corrected chi connectivity index (χ4v) is 3.54. The molecular formula is C24H20N6O. The Morgan fingerprint density at radius 2 is 1.65 bits per heavy atom. The summed E-state index contributed by atoms with van der Waals surface area (Å²) in [4.78, 5) is 25.1. The first-order chi connectivity index (χ1) is 15.2. The van der Waals surface area contributed by atoms with Crippen molar-refractivity contribution in [3.63, 3.8) is 0 Å². The molecule has 5 aromatic rings. The van der Waals surface area contributed by atoms with Crippen molar-refractivity contribution in [1.29, 1.82) is 0 Å². The molecule has 1 unspecified atom stereocenters. The number of H-pyrrole nitrogens is 1. The largest absolute Gasteiger partial charge is 0.342 e. The lowest BCUT2D eigenvalue weighted by molar-refractivity contribution is 0.0940. The Balaban J connectivity index is 1.39. The minimum absolute atomic E-state index is 0.252. The highest BCUT2D eigenvalue weighted by molar-refractivity contribution is 6.00. The van der Waals surface area contributed by atoms with Gasteiger partial charge >= 0.3 is 0 Å². The molecule has 3 heterocycles. The summed E-state index contributed by atoms with van der Waals surface area (Å²) in [6.07, 6.45) is 5.02. The first kappa shape index (κ1) is 18.7. The number of amides is 1. The molecular weight excluding hydrogens is 388 g/mol. The highest BCUT2D eigenvalue weighted by atomic mass is 16.1. The molecule has 0 spiro atoms. The molecule has 7 heteroatoms. The van der Waals surface area contributed by atoms with Crippen molar-refractivity contribution in [3.8, 4) is 22.5 Å². The van der Waals surface area contributed by atoms with Gasteiger partial charge in [-0.1, -0.05) is 60.7 Å². The number of fused-ring (bicyclic) bond motifs is 1. The molecule has 0 saturated carbocycles. The van der Waals surface area contributed by atoms with Gasteiger partial charge in [-0.2, -0.15) is 5.10 Å². The average molecular weight is 408 g/mol. The maximum absolute atomic E-state index is 13.0. The molecule has 0 fully saturated rings. The van der Waals surface area contributed by atoms with Gasteiger partial charge in [0.2, 0.25) is 0 Å². The Labute approximate surface area is 178 Å². The number of rotatable bonds is 5. The summed E-state index contributed by atoms with van der Waals surface area (Å²) in [7, 11) is 0. The van der Waals surface area contributed by atoms with Crippen LogP contribution in [0.2, 0.25) is 0 Å². The van der Waals surface area contributed by atoms with E-state index >= 15 is 0 Å². The smallest absolute Gasteiger partial charge is 0.257 e. The summed E-state index contributed by atoms with van der Waals surface area (Å²) < 4.78 is 1.69. The lowest BCUT2D eigenvalue weighted by atomic mass is 10.1. The molecule has 2 N–H and O–H groups in total. The van der Waals surface area contributed by atoms with Crippen molar-refractivity contribution >= 4 is 11.6 Å². The zero-order chi connectivity index (χ0) is 21.2. The summed E-state index contributed by atoms with van der Waals surface area (Å²) in [5.41, 5.74) is 4.75. The summed E-state index contributed by atoms with van der Waals surface area (Å²) >= 11 is 0. The first-order valence-electron chi connectivity index (χ1n) is 10.00. The van der Waals surface area contributed by atoms with Crippen LogP contribution in [-0.4, -0.2) is 30.5 Å². The van der Waals surface area contributed by atoms with Gasteiger partial charge in [0.05, 0.1) is 29.8 Å². The van der Waals surface area contributed by atoms with E-state index < -0.39 is 0 Å². The van der Waals surface area contributed by atoms with Gasteiger partial charge < -0.3 is 10.3 Å². The monoisotopic (exact) mass is 408 g/mol. The molecule has 0 radical (unpaired) electrons. The SMILES string of the molecule is CC(NC(=O)c1cnn2c(-c3ccccc3)ccnc12)c1ncc(-c2ccccc2)[nH]1. The van der Waals surface area contributed by atoms with E-state index in [0.29, 0.717) is 17.0 Å². The van der Waals surface area contributed by atoms with Crippen LogP contribution in [-0.2, 0) is 0 Å². The van der Waals surface area contributed by atoms with Gasteiger partial charge in [0, 0.05) is 11.8 Å². The summed E-state index contributed by atoms with van der Waals surface area (Å²) in [5.74, 6) is 0.430. The maximum Gasteiger partial charge on any atom is 0.257 e. The molecule has 0 bridgehead atoms. The van der Waals surface area contributed by atoms with Gasteiger partial charge in [0.15, 0.2) is 5.65 Å². The minimum Gasteiger partial charge on any atom is -0.342 e. The number of aromatic nitrogens is 5. The predicted octanol–water partition coefficient (Wildman–Crippen LogP) is 4.28. The molecule has 0 aliphatic rings. The molecule has 152 valence electrons. The number of carbonyl (C=O) groups excluding carboxylic acids is 1. The van der Waals surface area contributed by atoms with Crippen molar-refractivity contribution in [2.45, 2.75) is 13.0 Å². The Morgan fingerprint density at radius 1 is 0.935 bits per heavy atom.